The predicted octanol–water partition coefficient (Wildman–Crippen LogP) is 4.91. The molecule has 1 aromatic rings. The van der Waals surface area contributed by atoms with Crippen LogP contribution in [-0.2, 0) is 0 Å². The number of hydrogen-bond donors (Lipinski definition) is 1. The number of aryl methyl sites for hydroxylation is 2. The van der Waals surface area contributed by atoms with E-state index < -0.39 is 0 Å². The van der Waals surface area contributed by atoms with Gasteiger partial charge in [0.25, 0.3) is 0 Å². The van der Waals surface area contributed by atoms with E-state index in [-0.39, 0.29) is 0 Å². The highest BCUT2D eigenvalue weighted by molar-refractivity contribution is 9.10. The third-order valence-electron chi connectivity index (χ3n) is 3.07. The molecule has 0 saturated carbocycles. The number of halogens is 1. The minimum atomic E-state index is 0.554. The van der Waals surface area contributed by atoms with E-state index in [1.807, 2.05) is 0 Å². The van der Waals surface area contributed by atoms with E-state index in [0.29, 0.717) is 12.0 Å². The van der Waals surface area contributed by atoms with Crippen molar-refractivity contribution in [2.75, 3.05) is 5.32 Å². The SMILES string of the molecule is CCC(Nc1c(C)cc(Br)cc1C)C(C)C. The zero-order valence-corrected chi connectivity index (χ0v) is 12.5. The predicted molar refractivity (Wildman–Crippen MR) is 76.2 cm³/mol. The van der Waals surface area contributed by atoms with Crippen molar-refractivity contribution in [3.05, 3.63) is 27.7 Å². The van der Waals surface area contributed by atoms with Crippen LogP contribution in [0.1, 0.15) is 38.3 Å². The van der Waals surface area contributed by atoms with Crippen LogP contribution < -0.4 is 5.32 Å². The maximum atomic E-state index is 3.67. The standard InChI is InChI=1S/C14H22BrN/c1-6-13(9(2)3)16-14-10(4)7-12(15)8-11(14)5/h7-9,13,16H,6H2,1-5H3. The lowest BCUT2D eigenvalue weighted by atomic mass is 10.00. The Bertz CT molecular complexity index is 335. The highest BCUT2D eigenvalue weighted by Crippen LogP contribution is 2.27. The second kappa shape index (κ2) is 5.72. The molecular weight excluding hydrogens is 262 g/mol. The smallest absolute Gasteiger partial charge is 0.0402 e. The van der Waals surface area contributed by atoms with Crippen molar-refractivity contribution in [1.29, 1.82) is 0 Å². The number of benzene rings is 1. The molecule has 90 valence electrons. The van der Waals surface area contributed by atoms with Gasteiger partial charge in [0.05, 0.1) is 0 Å². The van der Waals surface area contributed by atoms with Crippen LogP contribution in [0.15, 0.2) is 16.6 Å². The normalized spacial score (nSPS) is 12.9. The maximum Gasteiger partial charge on any atom is 0.0402 e. The molecule has 1 atom stereocenters. The highest BCUT2D eigenvalue weighted by atomic mass is 79.9. The average Bonchev–Trinajstić information content (AvgIpc) is 2.15. The van der Waals surface area contributed by atoms with Crippen LogP contribution in [0, 0.1) is 19.8 Å². The molecule has 0 bridgehead atoms. The van der Waals surface area contributed by atoms with Crippen molar-refractivity contribution in [2.24, 2.45) is 5.92 Å². The van der Waals surface area contributed by atoms with Gasteiger partial charge in [-0.2, -0.15) is 0 Å². The molecule has 1 rings (SSSR count). The van der Waals surface area contributed by atoms with Gasteiger partial charge in [0.2, 0.25) is 0 Å². The summed E-state index contributed by atoms with van der Waals surface area (Å²) in [6.45, 7) is 11.1. The zero-order valence-electron chi connectivity index (χ0n) is 10.9. The van der Waals surface area contributed by atoms with E-state index in [0.717, 1.165) is 10.9 Å². The lowest BCUT2D eigenvalue weighted by molar-refractivity contribution is 0.511. The second-order valence-corrected chi connectivity index (χ2v) is 5.73. The van der Waals surface area contributed by atoms with E-state index in [4.69, 9.17) is 0 Å². The molecule has 0 saturated heterocycles. The fourth-order valence-electron chi connectivity index (χ4n) is 2.06. The summed E-state index contributed by atoms with van der Waals surface area (Å²) in [6, 6.07) is 4.89. The zero-order chi connectivity index (χ0) is 12.3. The molecule has 0 spiro atoms. The van der Waals surface area contributed by atoms with E-state index in [1.165, 1.54) is 16.8 Å². The van der Waals surface area contributed by atoms with Gasteiger partial charge in [-0.3, -0.25) is 0 Å². The van der Waals surface area contributed by atoms with Gasteiger partial charge >= 0.3 is 0 Å². The monoisotopic (exact) mass is 283 g/mol. The van der Waals surface area contributed by atoms with Gasteiger partial charge in [0, 0.05) is 16.2 Å². The molecule has 0 amide bonds. The van der Waals surface area contributed by atoms with Crippen LogP contribution in [-0.4, -0.2) is 6.04 Å². The molecule has 0 radical (unpaired) electrons. The molecule has 0 heterocycles. The summed E-state index contributed by atoms with van der Waals surface area (Å²) >= 11 is 3.53. The van der Waals surface area contributed by atoms with Gasteiger partial charge in [0.1, 0.15) is 0 Å². The van der Waals surface area contributed by atoms with E-state index in [9.17, 15) is 0 Å². The first kappa shape index (κ1) is 13.6. The van der Waals surface area contributed by atoms with Crippen molar-refractivity contribution < 1.29 is 0 Å². The molecule has 0 aliphatic carbocycles. The topological polar surface area (TPSA) is 12.0 Å². The van der Waals surface area contributed by atoms with Gasteiger partial charge in [-0.05, 0) is 49.4 Å². The van der Waals surface area contributed by atoms with Gasteiger partial charge in [-0.1, -0.05) is 36.7 Å². The fraction of sp³-hybridized carbons (Fsp3) is 0.571. The van der Waals surface area contributed by atoms with E-state index >= 15 is 0 Å². The maximum absolute atomic E-state index is 3.67. The summed E-state index contributed by atoms with van der Waals surface area (Å²) in [5.41, 5.74) is 3.92. The largest absolute Gasteiger partial charge is 0.382 e. The minimum Gasteiger partial charge on any atom is -0.382 e. The lowest BCUT2D eigenvalue weighted by Gasteiger charge is -2.24. The van der Waals surface area contributed by atoms with Gasteiger partial charge in [-0.15, -0.1) is 0 Å². The fourth-order valence-corrected chi connectivity index (χ4v) is 2.75. The molecule has 1 aromatic carbocycles. The number of nitrogens with one attached hydrogen (secondary N) is 1. The number of hydrogen-bond acceptors (Lipinski definition) is 1. The molecule has 0 aliphatic heterocycles. The third-order valence-corrected chi connectivity index (χ3v) is 3.53. The van der Waals surface area contributed by atoms with Crippen molar-refractivity contribution in [1.82, 2.24) is 0 Å². The third kappa shape index (κ3) is 3.24. The summed E-state index contributed by atoms with van der Waals surface area (Å²) in [5.74, 6) is 0.660. The summed E-state index contributed by atoms with van der Waals surface area (Å²) in [6.07, 6.45) is 1.16. The van der Waals surface area contributed by atoms with Crippen LogP contribution in [0.5, 0.6) is 0 Å². The molecule has 1 nitrogen and oxygen atoms in total. The molecule has 1 unspecified atom stereocenters. The first-order valence-electron chi connectivity index (χ1n) is 5.99. The van der Waals surface area contributed by atoms with Crippen LogP contribution in [0.2, 0.25) is 0 Å². The van der Waals surface area contributed by atoms with Crippen molar-refractivity contribution in [3.63, 3.8) is 0 Å². The van der Waals surface area contributed by atoms with Gasteiger partial charge < -0.3 is 5.32 Å². The van der Waals surface area contributed by atoms with Gasteiger partial charge in [0.15, 0.2) is 0 Å². The Hall–Kier alpha value is -0.500. The van der Waals surface area contributed by atoms with Crippen LogP contribution >= 0.6 is 15.9 Å². The van der Waals surface area contributed by atoms with Crippen molar-refractivity contribution >= 4 is 21.6 Å². The molecule has 16 heavy (non-hydrogen) atoms. The molecule has 2 heteroatoms. The Morgan fingerprint density at radius 1 is 1.19 bits per heavy atom. The van der Waals surface area contributed by atoms with Crippen LogP contribution in [0.25, 0.3) is 0 Å². The van der Waals surface area contributed by atoms with Crippen LogP contribution in [0.3, 0.4) is 0 Å². The number of rotatable bonds is 4. The molecule has 0 aromatic heterocycles. The average molecular weight is 284 g/mol. The summed E-state index contributed by atoms with van der Waals surface area (Å²) in [5, 5.41) is 3.67. The molecule has 1 N–H and O–H groups in total. The summed E-state index contributed by atoms with van der Waals surface area (Å²) in [4.78, 5) is 0. The van der Waals surface area contributed by atoms with E-state index in [2.05, 4.69) is 68.0 Å². The molecule has 0 aliphatic rings. The Labute approximate surface area is 108 Å². The highest BCUT2D eigenvalue weighted by Gasteiger charge is 2.13. The Kier molecular flexibility index (Phi) is 4.85. The van der Waals surface area contributed by atoms with Crippen molar-refractivity contribution in [3.8, 4) is 0 Å². The Balaban J connectivity index is 2.96. The molecule has 0 fully saturated rings. The first-order chi connectivity index (χ1) is 7.45. The first-order valence-corrected chi connectivity index (χ1v) is 6.78. The summed E-state index contributed by atoms with van der Waals surface area (Å²) in [7, 11) is 0. The molecular formula is C14H22BrN. The summed E-state index contributed by atoms with van der Waals surface area (Å²) < 4.78 is 1.16. The Morgan fingerprint density at radius 2 is 1.69 bits per heavy atom. The van der Waals surface area contributed by atoms with Crippen molar-refractivity contribution in [2.45, 2.75) is 47.1 Å². The van der Waals surface area contributed by atoms with Crippen LogP contribution in [0.4, 0.5) is 5.69 Å². The van der Waals surface area contributed by atoms with E-state index in [1.54, 1.807) is 0 Å². The quantitative estimate of drug-likeness (QED) is 0.828. The lowest BCUT2D eigenvalue weighted by Crippen LogP contribution is -2.25. The Morgan fingerprint density at radius 3 is 2.06 bits per heavy atom. The second-order valence-electron chi connectivity index (χ2n) is 4.82. The number of anilines is 1. The van der Waals surface area contributed by atoms with Gasteiger partial charge in [-0.25, -0.2) is 0 Å². The minimum absolute atomic E-state index is 0.554.